The van der Waals surface area contributed by atoms with E-state index in [0.717, 1.165) is 0 Å². The Hall–Kier alpha value is -1.06. The Kier molecular flexibility index (Phi) is 3.80. The monoisotopic (exact) mass is 255 g/mol. The molecule has 0 aliphatic heterocycles. The van der Waals surface area contributed by atoms with Crippen molar-refractivity contribution in [1.82, 2.24) is 5.32 Å². The van der Waals surface area contributed by atoms with Gasteiger partial charge in [0.2, 0.25) is 5.91 Å². The lowest BCUT2D eigenvalue weighted by Gasteiger charge is -2.16. The van der Waals surface area contributed by atoms with Crippen molar-refractivity contribution in [2.45, 2.75) is 41.5 Å². The molecular formula is C14H25NO3. The first kappa shape index (κ1) is 15.0. The molecule has 1 fully saturated rings. The number of aliphatic carboxylic acids is 1. The van der Waals surface area contributed by atoms with Crippen molar-refractivity contribution in [3.05, 3.63) is 0 Å². The number of hydrogen-bond acceptors (Lipinski definition) is 2. The van der Waals surface area contributed by atoms with Gasteiger partial charge in [-0.1, -0.05) is 41.5 Å². The number of nitrogens with one attached hydrogen (secondary N) is 1. The smallest absolute Gasteiger partial charge is 0.307 e. The Labute approximate surface area is 109 Å². The van der Waals surface area contributed by atoms with Gasteiger partial charge in [0, 0.05) is 12.5 Å². The van der Waals surface area contributed by atoms with Gasteiger partial charge < -0.3 is 10.4 Å². The molecule has 0 heterocycles. The molecule has 2 unspecified atom stereocenters. The summed E-state index contributed by atoms with van der Waals surface area (Å²) in [6.45, 7) is 12.7. The number of hydrogen-bond donors (Lipinski definition) is 2. The maximum Gasteiger partial charge on any atom is 0.307 e. The Morgan fingerprint density at radius 1 is 1.11 bits per heavy atom. The zero-order chi connectivity index (χ0) is 14.3. The molecule has 1 aliphatic rings. The van der Waals surface area contributed by atoms with E-state index in [1.807, 2.05) is 0 Å². The molecule has 0 radical (unpaired) electrons. The van der Waals surface area contributed by atoms with Gasteiger partial charge in [-0.25, -0.2) is 0 Å². The van der Waals surface area contributed by atoms with Crippen LogP contribution in [-0.2, 0) is 9.59 Å². The van der Waals surface area contributed by atoms with Crippen LogP contribution in [0.15, 0.2) is 0 Å². The largest absolute Gasteiger partial charge is 0.481 e. The first-order valence-electron chi connectivity index (χ1n) is 6.54. The van der Waals surface area contributed by atoms with Gasteiger partial charge in [-0.2, -0.15) is 0 Å². The van der Waals surface area contributed by atoms with Crippen LogP contribution in [-0.4, -0.2) is 23.5 Å². The van der Waals surface area contributed by atoms with Crippen molar-refractivity contribution >= 4 is 11.9 Å². The molecule has 1 aliphatic carbocycles. The van der Waals surface area contributed by atoms with Crippen LogP contribution < -0.4 is 5.32 Å². The number of amides is 1. The molecule has 0 aromatic carbocycles. The van der Waals surface area contributed by atoms with Crippen molar-refractivity contribution in [3.63, 3.8) is 0 Å². The fraction of sp³-hybridized carbons (Fsp3) is 0.857. The second-order valence-corrected chi connectivity index (χ2v) is 6.66. The van der Waals surface area contributed by atoms with E-state index in [0.29, 0.717) is 12.5 Å². The Morgan fingerprint density at radius 3 is 1.89 bits per heavy atom. The Bertz CT molecular complexity index is 346. The third-order valence-corrected chi connectivity index (χ3v) is 5.35. The van der Waals surface area contributed by atoms with E-state index in [4.69, 9.17) is 5.11 Å². The molecule has 1 saturated carbocycles. The van der Waals surface area contributed by atoms with Gasteiger partial charge in [0.15, 0.2) is 0 Å². The minimum absolute atomic E-state index is 0.164. The topological polar surface area (TPSA) is 66.4 Å². The summed E-state index contributed by atoms with van der Waals surface area (Å²) in [5, 5.41) is 11.8. The SMILES string of the molecule is CC(C(=O)O)C(C)C(=O)NCC1C(C)(C)C1(C)C. The van der Waals surface area contributed by atoms with E-state index in [2.05, 4.69) is 33.0 Å². The van der Waals surface area contributed by atoms with Gasteiger partial charge in [0.25, 0.3) is 0 Å². The van der Waals surface area contributed by atoms with E-state index in [9.17, 15) is 9.59 Å². The molecule has 0 saturated heterocycles. The fourth-order valence-corrected chi connectivity index (χ4v) is 2.65. The predicted molar refractivity (Wildman–Crippen MR) is 70.0 cm³/mol. The summed E-state index contributed by atoms with van der Waals surface area (Å²) in [6, 6.07) is 0. The van der Waals surface area contributed by atoms with Crippen LogP contribution in [0.5, 0.6) is 0 Å². The quantitative estimate of drug-likeness (QED) is 0.791. The molecule has 18 heavy (non-hydrogen) atoms. The summed E-state index contributed by atoms with van der Waals surface area (Å²) in [4.78, 5) is 22.7. The highest BCUT2D eigenvalue weighted by Crippen LogP contribution is 2.67. The van der Waals surface area contributed by atoms with E-state index in [-0.39, 0.29) is 16.7 Å². The van der Waals surface area contributed by atoms with Crippen LogP contribution in [0.3, 0.4) is 0 Å². The average molecular weight is 255 g/mol. The normalized spacial score (nSPS) is 24.1. The Balaban J connectivity index is 2.47. The molecule has 0 aromatic rings. The third kappa shape index (κ3) is 2.38. The van der Waals surface area contributed by atoms with Crippen LogP contribution in [0.1, 0.15) is 41.5 Å². The number of carboxylic acid groups (broad SMARTS) is 1. The maximum atomic E-state index is 11.9. The lowest BCUT2D eigenvalue weighted by Crippen LogP contribution is -2.36. The van der Waals surface area contributed by atoms with E-state index in [1.165, 1.54) is 0 Å². The van der Waals surface area contributed by atoms with Crippen molar-refractivity contribution in [2.24, 2.45) is 28.6 Å². The first-order valence-corrected chi connectivity index (χ1v) is 6.54. The molecule has 4 heteroatoms. The average Bonchev–Trinajstić information content (AvgIpc) is 2.64. The number of carboxylic acids is 1. The molecule has 2 atom stereocenters. The molecular weight excluding hydrogens is 230 g/mol. The molecule has 2 N–H and O–H groups in total. The summed E-state index contributed by atoms with van der Waals surface area (Å²) in [5.74, 6) is -1.77. The molecule has 1 rings (SSSR count). The van der Waals surface area contributed by atoms with Crippen LogP contribution in [0.25, 0.3) is 0 Å². The lowest BCUT2D eigenvalue weighted by molar-refractivity contribution is -0.146. The zero-order valence-corrected chi connectivity index (χ0v) is 12.2. The summed E-state index contributed by atoms with van der Waals surface area (Å²) in [5.41, 5.74) is 0.476. The molecule has 1 amide bonds. The number of carbonyl (C=O) groups is 2. The summed E-state index contributed by atoms with van der Waals surface area (Å²) in [7, 11) is 0. The molecule has 4 nitrogen and oxygen atoms in total. The highest BCUT2D eigenvalue weighted by molar-refractivity contribution is 5.84. The number of carbonyl (C=O) groups excluding carboxylic acids is 1. The van der Waals surface area contributed by atoms with Crippen LogP contribution in [0, 0.1) is 28.6 Å². The van der Waals surface area contributed by atoms with E-state index >= 15 is 0 Å². The lowest BCUT2D eigenvalue weighted by atomic mass is 9.95. The number of rotatable bonds is 5. The van der Waals surface area contributed by atoms with Gasteiger partial charge in [-0.05, 0) is 16.7 Å². The second-order valence-electron chi connectivity index (χ2n) is 6.66. The van der Waals surface area contributed by atoms with Gasteiger partial charge in [-0.15, -0.1) is 0 Å². The van der Waals surface area contributed by atoms with Gasteiger partial charge >= 0.3 is 5.97 Å². The Morgan fingerprint density at radius 2 is 1.56 bits per heavy atom. The van der Waals surface area contributed by atoms with Crippen molar-refractivity contribution in [2.75, 3.05) is 6.54 Å². The van der Waals surface area contributed by atoms with Crippen molar-refractivity contribution < 1.29 is 14.7 Å². The summed E-state index contributed by atoms with van der Waals surface area (Å²) >= 11 is 0. The van der Waals surface area contributed by atoms with E-state index < -0.39 is 17.8 Å². The minimum Gasteiger partial charge on any atom is -0.481 e. The first-order chi connectivity index (χ1) is 8.03. The predicted octanol–water partition coefficient (Wildman–Crippen LogP) is 2.14. The standard InChI is InChI=1S/C14H25NO3/c1-8(9(2)12(17)18)11(16)15-7-10-13(3,4)14(10,5)6/h8-10H,7H2,1-6H3,(H,15,16)(H,17,18). The maximum absolute atomic E-state index is 11.9. The highest BCUT2D eigenvalue weighted by Gasteiger charge is 2.64. The van der Waals surface area contributed by atoms with Gasteiger partial charge in [0.1, 0.15) is 0 Å². The zero-order valence-electron chi connectivity index (χ0n) is 12.2. The molecule has 0 spiro atoms. The molecule has 0 bridgehead atoms. The second kappa shape index (κ2) is 4.56. The van der Waals surface area contributed by atoms with Crippen molar-refractivity contribution in [3.8, 4) is 0 Å². The van der Waals surface area contributed by atoms with Crippen LogP contribution >= 0.6 is 0 Å². The third-order valence-electron chi connectivity index (χ3n) is 5.35. The fourth-order valence-electron chi connectivity index (χ4n) is 2.65. The molecule has 104 valence electrons. The van der Waals surface area contributed by atoms with Gasteiger partial charge in [-0.3, -0.25) is 9.59 Å². The van der Waals surface area contributed by atoms with Crippen LogP contribution in [0.2, 0.25) is 0 Å². The van der Waals surface area contributed by atoms with Gasteiger partial charge in [0.05, 0.1) is 5.92 Å². The van der Waals surface area contributed by atoms with E-state index in [1.54, 1.807) is 13.8 Å². The summed E-state index contributed by atoms with van der Waals surface area (Å²) < 4.78 is 0. The molecule has 0 aromatic heterocycles. The minimum atomic E-state index is -0.926. The summed E-state index contributed by atoms with van der Waals surface area (Å²) in [6.07, 6.45) is 0. The van der Waals surface area contributed by atoms with Crippen LogP contribution in [0.4, 0.5) is 0 Å². The highest BCUT2D eigenvalue weighted by atomic mass is 16.4. The van der Waals surface area contributed by atoms with Crippen molar-refractivity contribution in [1.29, 1.82) is 0 Å².